The molecule has 1 aromatic rings. The number of nitrogens with zero attached hydrogens (tertiary/aromatic N) is 1. The molecule has 0 aliphatic heterocycles. The molecule has 0 aliphatic rings. The first kappa shape index (κ1) is 16.7. The van der Waals surface area contributed by atoms with Crippen LogP contribution in [-0.4, -0.2) is 41.1 Å². The Morgan fingerprint density at radius 2 is 2.25 bits per heavy atom. The summed E-state index contributed by atoms with van der Waals surface area (Å²) in [6, 6.07) is 5.17. The molecule has 0 saturated heterocycles. The Labute approximate surface area is 123 Å². The largest absolute Gasteiger partial charge is 0.478 e. The van der Waals surface area contributed by atoms with Gasteiger partial charge in [0.25, 0.3) is 0 Å². The minimum Gasteiger partial charge on any atom is -0.478 e. The average molecular weight is 297 g/mol. The van der Waals surface area contributed by atoms with Crippen molar-refractivity contribution in [1.29, 1.82) is 0 Å². The van der Waals surface area contributed by atoms with Gasteiger partial charge in [-0.2, -0.15) is 11.8 Å². The summed E-state index contributed by atoms with van der Waals surface area (Å²) in [5.41, 5.74) is 1.17. The van der Waals surface area contributed by atoms with Gasteiger partial charge in [0.05, 0.1) is 0 Å². The molecule has 1 atom stereocenters. The molecule has 1 unspecified atom stereocenters. The molecule has 110 valence electrons. The number of thioether (sulfide) groups is 1. The van der Waals surface area contributed by atoms with Crippen LogP contribution in [0, 0.1) is 5.82 Å². The molecule has 0 aromatic heterocycles. The highest BCUT2D eigenvalue weighted by atomic mass is 32.2. The van der Waals surface area contributed by atoms with Crippen molar-refractivity contribution >= 4 is 23.8 Å². The molecule has 1 N–H and O–H groups in total. The highest BCUT2D eigenvalue weighted by molar-refractivity contribution is 7.98. The van der Waals surface area contributed by atoms with Gasteiger partial charge >= 0.3 is 5.97 Å². The maximum Gasteiger partial charge on any atom is 0.328 e. The van der Waals surface area contributed by atoms with Gasteiger partial charge in [-0.25, -0.2) is 9.18 Å². The van der Waals surface area contributed by atoms with Crippen LogP contribution in [0.5, 0.6) is 0 Å². The summed E-state index contributed by atoms with van der Waals surface area (Å²) in [6.45, 7) is 2.65. The summed E-state index contributed by atoms with van der Waals surface area (Å²) < 4.78 is 14.0. The second-order valence-electron chi connectivity index (χ2n) is 4.74. The van der Waals surface area contributed by atoms with Crippen molar-refractivity contribution in [2.24, 2.45) is 0 Å². The first-order valence-corrected chi connectivity index (χ1v) is 7.72. The van der Waals surface area contributed by atoms with Crippen molar-refractivity contribution in [3.05, 3.63) is 41.2 Å². The summed E-state index contributed by atoms with van der Waals surface area (Å²) in [4.78, 5) is 12.5. The van der Waals surface area contributed by atoms with Crippen LogP contribution in [0.1, 0.15) is 18.1 Å². The smallest absolute Gasteiger partial charge is 0.328 e. The normalized spacial score (nSPS) is 13.1. The number of rotatable bonds is 7. The fourth-order valence-electron chi connectivity index (χ4n) is 1.76. The lowest BCUT2D eigenvalue weighted by Crippen LogP contribution is -2.30. The zero-order chi connectivity index (χ0) is 15.1. The maximum absolute atomic E-state index is 14.0. The second kappa shape index (κ2) is 8.07. The number of aliphatic carboxylic acids is 1. The van der Waals surface area contributed by atoms with E-state index in [2.05, 4.69) is 18.1 Å². The fraction of sp³-hybridized carbons (Fsp3) is 0.400. The van der Waals surface area contributed by atoms with E-state index in [1.54, 1.807) is 23.9 Å². The summed E-state index contributed by atoms with van der Waals surface area (Å²) in [5.74, 6) is -0.349. The molecular weight excluding hydrogens is 277 g/mol. The Bertz CT molecular complexity index is 491. The van der Waals surface area contributed by atoms with Crippen LogP contribution in [-0.2, 0) is 11.3 Å². The molecule has 0 aliphatic carbocycles. The molecule has 0 heterocycles. The standard InChI is InChI=1S/C15H20FNO2S/c1-11(10-20-3)17(2)9-13-6-4-12(8-14(13)16)5-7-15(18)19/h4-8,11H,9-10H2,1-3H3,(H,18,19)/b7-5+. The van der Waals surface area contributed by atoms with Crippen molar-refractivity contribution in [3.8, 4) is 0 Å². The molecule has 5 heteroatoms. The second-order valence-corrected chi connectivity index (χ2v) is 5.65. The molecule has 20 heavy (non-hydrogen) atoms. The topological polar surface area (TPSA) is 40.5 Å². The van der Waals surface area contributed by atoms with E-state index in [0.717, 1.165) is 11.8 Å². The van der Waals surface area contributed by atoms with Gasteiger partial charge in [-0.1, -0.05) is 12.1 Å². The SMILES string of the molecule is CSCC(C)N(C)Cc1ccc(/C=C/C(=O)O)cc1F. The predicted molar refractivity (Wildman–Crippen MR) is 82.4 cm³/mol. The third kappa shape index (κ3) is 5.35. The van der Waals surface area contributed by atoms with E-state index in [1.165, 1.54) is 12.1 Å². The monoisotopic (exact) mass is 297 g/mol. The van der Waals surface area contributed by atoms with E-state index < -0.39 is 5.97 Å². The Morgan fingerprint density at radius 3 is 2.80 bits per heavy atom. The number of hydrogen-bond donors (Lipinski definition) is 1. The Kier molecular flexibility index (Phi) is 6.75. The average Bonchev–Trinajstić information content (AvgIpc) is 2.39. The molecule has 1 rings (SSSR count). The molecule has 0 bridgehead atoms. The summed E-state index contributed by atoms with van der Waals surface area (Å²) in [6.07, 6.45) is 4.44. The molecule has 0 radical (unpaired) electrons. The van der Waals surface area contributed by atoms with Gasteiger partial charge in [0, 0.05) is 30.0 Å². The first-order valence-electron chi connectivity index (χ1n) is 6.32. The zero-order valence-corrected chi connectivity index (χ0v) is 12.8. The van der Waals surface area contributed by atoms with Crippen molar-refractivity contribution < 1.29 is 14.3 Å². The lowest BCUT2D eigenvalue weighted by atomic mass is 10.1. The number of halogens is 1. The van der Waals surface area contributed by atoms with Crippen molar-refractivity contribution in [2.75, 3.05) is 19.1 Å². The summed E-state index contributed by atoms with van der Waals surface area (Å²) in [5, 5.41) is 8.54. The van der Waals surface area contributed by atoms with Crippen LogP contribution in [0.25, 0.3) is 6.08 Å². The zero-order valence-electron chi connectivity index (χ0n) is 12.0. The van der Waals surface area contributed by atoms with Crippen LogP contribution in [0.3, 0.4) is 0 Å². The Balaban J connectivity index is 2.75. The van der Waals surface area contributed by atoms with Gasteiger partial charge < -0.3 is 5.11 Å². The minimum atomic E-state index is -1.04. The van der Waals surface area contributed by atoms with Gasteiger partial charge in [0.15, 0.2) is 0 Å². The van der Waals surface area contributed by atoms with Crippen molar-refractivity contribution in [2.45, 2.75) is 19.5 Å². The molecule has 0 saturated carbocycles. The maximum atomic E-state index is 14.0. The van der Waals surface area contributed by atoms with Crippen LogP contribution in [0.2, 0.25) is 0 Å². The molecule has 1 aromatic carbocycles. The van der Waals surface area contributed by atoms with Crippen LogP contribution in [0.15, 0.2) is 24.3 Å². The molecule has 3 nitrogen and oxygen atoms in total. The van der Waals surface area contributed by atoms with E-state index >= 15 is 0 Å². The third-order valence-corrected chi connectivity index (χ3v) is 3.89. The molecule has 0 spiro atoms. The van der Waals surface area contributed by atoms with Crippen LogP contribution in [0.4, 0.5) is 4.39 Å². The lowest BCUT2D eigenvalue weighted by molar-refractivity contribution is -0.131. The van der Waals surface area contributed by atoms with Gasteiger partial charge in [0.2, 0.25) is 0 Å². The fourth-order valence-corrected chi connectivity index (χ4v) is 2.49. The Morgan fingerprint density at radius 1 is 1.55 bits per heavy atom. The van der Waals surface area contributed by atoms with Crippen LogP contribution >= 0.6 is 11.8 Å². The lowest BCUT2D eigenvalue weighted by Gasteiger charge is -2.24. The van der Waals surface area contributed by atoms with Gasteiger partial charge in [0.1, 0.15) is 5.82 Å². The highest BCUT2D eigenvalue weighted by Gasteiger charge is 2.11. The number of carbonyl (C=O) groups is 1. The number of carboxylic acid groups (broad SMARTS) is 1. The third-order valence-electron chi connectivity index (χ3n) is 3.08. The number of benzene rings is 1. The summed E-state index contributed by atoms with van der Waals surface area (Å²) >= 11 is 1.76. The van der Waals surface area contributed by atoms with E-state index in [0.29, 0.717) is 23.7 Å². The predicted octanol–water partition coefficient (Wildman–Crippen LogP) is 3.11. The van der Waals surface area contributed by atoms with Gasteiger partial charge in [-0.3, -0.25) is 4.90 Å². The van der Waals surface area contributed by atoms with E-state index in [1.807, 2.05) is 7.05 Å². The van der Waals surface area contributed by atoms with E-state index in [-0.39, 0.29) is 5.82 Å². The van der Waals surface area contributed by atoms with Crippen molar-refractivity contribution in [3.63, 3.8) is 0 Å². The Hall–Kier alpha value is -1.33. The molecule has 0 fully saturated rings. The molecular formula is C15H20FNO2S. The minimum absolute atomic E-state index is 0.305. The quantitative estimate of drug-likeness (QED) is 0.785. The summed E-state index contributed by atoms with van der Waals surface area (Å²) in [7, 11) is 1.97. The van der Waals surface area contributed by atoms with E-state index in [9.17, 15) is 9.18 Å². The number of hydrogen-bond acceptors (Lipinski definition) is 3. The van der Waals surface area contributed by atoms with Crippen molar-refractivity contribution in [1.82, 2.24) is 4.90 Å². The first-order chi connectivity index (χ1) is 9.43. The van der Waals surface area contributed by atoms with E-state index in [4.69, 9.17) is 5.11 Å². The highest BCUT2D eigenvalue weighted by Crippen LogP contribution is 2.15. The molecule has 0 amide bonds. The number of carboxylic acids is 1. The van der Waals surface area contributed by atoms with Gasteiger partial charge in [-0.05, 0) is 37.9 Å². The van der Waals surface area contributed by atoms with Gasteiger partial charge in [-0.15, -0.1) is 0 Å². The van der Waals surface area contributed by atoms with Crippen LogP contribution < -0.4 is 0 Å².